The number of hydrogen-bond acceptors (Lipinski definition) is 6. The van der Waals surface area contributed by atoms with Crippen molar-refractivity contribution in [3.05, 3.63) is 112 Å². The number of carbonyl (C=O) groups is 1. The van der Waals surface area contributed by atoms with Crippen molar-refractivity contribution in [1.29, 1.82) is 0 Å². The van der Waals surface area contributed by atoms with E-state index < -0.39 is 22.5 Å². The minimum absolute atomic E-state index is 0.0719. The van der Waals surface area contributed by atoms with E-state index in [4.69, 9.17) is 4.74 Å². The lowest BCUT2D eigenvalue weighted by Crippen LogP contribution is -2.38. The van der Waals surface area contributed by atoms with Gasteiger partial charge >= 0.3 is 4.87 Å². The second kappa shape index (κ2) is 11.4. The van der Waals surface area contributed by atoms with Crippen molar-refractivity contribution in [2.45, 2.75) is 25.3 Å². The van der Waals surface area contributed by atoms with Gasteiger partial charge in [-0.3, -0.25) is 18.5 Å². The molecule has 204 valence electrons. The summed E-state index contributed by atoms with van der Waals surface area (Å²) in [7, 11) is -4.08. The minimum Gasteiger partial charge on any atom is -0.457 e. The molecule has 0 bridgehead atoms. The number of amides is 1. The summed E-state index contributed by atoms with van der Waals surface area (Å²) in [5.74, 6) is 0.648. The Hall–Kier alpha value is -4.41. The molecule has 0 radical (unpaired) electrons. The second-order valence-electron chi connectivity index (χ2n) is 9.08. The van der Waals surface area contributed by atoms with E-state index in [1.54, 1.807) is 59.2 Å². The van der Waals surface area contributed by atoms with Gasteiger partial charge in [0, 0.05) is 12.2 Å². The van der Waals surface area contributed by atoms with Crippen molar-refractivity contribution in [2.75, 3.05) is 16.2 Å². The summed E-state index contributed by atoms with van der Waals surface area (Å²) in [6.45, 7) is 3.85. The number of sulfonamides is 1. The van der Waals surface area contributed by atoms with E-state index in [1.165, 1.54) is 12.1 Å². The molecule has 40 heavy (non-hydrogen) atoms. The summed E-state index contributed by atoms with van der Waals surface area (Å²) in [4.78, 5) is 25.4. The fourth-order valence-corrected chi connectivity index (χ4v) is 6.65. The van der Waals surface area contributed by atoms with Gasteiger partial charge in [0.1, 0.15) is 18.0 Å². The van der Waals surface area contributed by atoms with Gasteiger partial charge in [0.15, 0.2) is 0 Å². The van der Waals surface area contributed by atoms with Crippen LogP contribution in [0.5, 0.6) is 11.5 Å². The molecule has 0 aliphatic heterocycles. The Balaban J connectivity index is 1.43. The van der Waals surface area contributed by atoms with Crippen LogP contribution in [0.4, 0.5) is 11.4 Å². The normalized spacial score (nSPS) is 11.3. The maximum absolute atomic E-state index is 13.7. The molecule has 0 saturated heterocycles. The van der Waals surface area contributed by atoms with Crippen molar-refractivity contribution in [3.63, 3.8) is 0 Å². The van der Waals surface area contributed by atoms with Crippen LogP contribution in [0.1, 0.15) is 12.5 Å². The topological polar surface area (TPSA) is 97.7 Å². The Morgan fingerprint density at radius 2 is 1.60 bits per heavy atom. The molecule has 5 rings (SSSR count). The molecule has 0 unspecified atom stereocenters. The Kier molecular flexibility index (Phi) is 7.72. The molecule has 0 aliphatic carbocycles. The van der Waals surface area contributed by atoms with E-state index >= 15 is 0 Å². The summed E-state index contributed by atoms with van der Waals surface area (Å²) in [5.41, 5.74) is 2.49. The number of ether oxygens (including phenoxy) is 1. The molecule has 0 atom stereocenters. The molecule has 0 aliphatic rings. The molecule has 1 heterocycles. The van der Waals surface area contributed by atoms with Crippen molar-refractivity contribution >= 4 is 48.9 Å². The van der Waals surface area contributed by atoms with E-state index in [9.17, 15) is 18.0 Å². The van der Waals surface area contributed by atoms with Gasteiger partial charge in [-0.05, 0) is 80.6 Å². The Labute approximate surface area is 236 Å². The third kappa shape index (κ3) is 5.78. The fraction of sp³-hybridized carbons (Fsp3) is 0.133. The standard InChI is InChI=1S/C30H27N3O5S2/c1-3-32-27-18-11-22(19-28(27)39-30(32)35)31-29(34)20-33(40(36,37)26-16-9-21(2)10-17-26)23-12-14-25(15-13-23)38-24-7-5-4-6-8-24/h4-19H,3,20H2,1-2H3,(H,31,34). The number of nitrogens with zero attached hydrogens (tertiary/aromatic N) is 2. The van der Waals surface area contributed by atoms with Crippen LogP contribution in [0, 0.1) is 6.92 Å². The first kappa shape index (κ1) is 27.2. The van der Waals surface area contributed by atoms with Crippen LogP contribution in [0.2, 0.25) is 0 Å². The third-order valence-electron chi connectivity index (χ3n) is 6.27. The second-order valence-corrected chi connectivity index (χ2v) is 11.9. The lowest BCUT2D eigenvalue weighted by atomic mass is 10.2. The highest BCUT2D eigenvalue weighted by Crippen LogP contribution is 2.29. The molecular weight excluding hydrogens is 546 g/mol. The lowest BCUT2D eigenvalue weighted by Gasteiger charge is -2.24. The van der Waals surface area contributed by atoms with E-state index in [1.807, 2.05) is 44.2 Å². The number of aryl methyl sites for hydroxylation is 2. The molecule has 0 spiro atoms. The Morgan fingerprint density at radius 3 is 2.27 bits per heavy atom. The predicted octanol–water partition coefficient (Wildman–Crippen LogP) is 6.02. The summed E-state index contributed by atoms with van der Waals surface area (Å²) in [6, 6.07) is 27.4. The molecule has 4 aromatic carbocycles. The molecule has 8 nitrogen and oxygen atoms in total. The maximum atomic E-state index is 13.7. The lowest BCUT2D eigenvalue weighted by molar-refractivity contribution is -0.114. The molecule has 1 amide bonds. The largest absolute Gasteiger partial charge is 0.457 e. The van der Waals surface area contributed by atoms with Crippen LogP contribution in [0.15, 0.2) is 107 Å². The van der Waals surface area contributed by atoms with Gasteiger partial charge in [-0.2, -0.15) is 0 Å². The van der Waals surface area contributed by atoms with Gasteiger partial charge in [0.05, 0.1) is 20.8 Å². The first-order valence-electron chi connectivity index (χ1n) is 12.6. The SMILES string of the molecule is CCn1c(=O)sc2cc(NC(=O)CN(c3ccc(Oc4ccccc4)cc3)S(=O)(=O)c3ccc(C)cc3)ccc21. The zero-order valence-electron chi connectivity index (χ0n) is 21.9. The smallest absolute Gasteiger partial charge is 0.308 e. The maximum Gasteiger partial charge on any atom is 0.308 e. The molecule has 1 aromatic heterocycles. The first-order chi connectivity index (χ1) is 19.2. The van der Waals surface area contributed by atoms with Crippen molar-refractivity contribution in [1.82, 2.24) is 4.57 Å². The number of para-hydroxylation sites is 1. The van der Waals surface area contributed by atoms with E-state index in [-0.39, 0.29) is 9.77 Å². The van der Waals surface area contributed by atoms with Crippen molar-refractivity contribution in [2.24, 2.45) is 0 Å². The van der Waals surface area contributed by atoms with Gasteiger partial charge in [-0.15, -0.1) is 0 Å². The number of benzene rings is 4. The molecule has 0 fully saturated rings. The number of aromatic nitrogens is 1. The number of anilines is 2. The number of nitrogens with one attached hydrogen (secondary N) is 1. The van der Waals surface area contributed by atoms with Crippen LogP contribution in [0.25, 0.3) is 10.2 Å². The van der Waals surface area contributed by atoms with Crippen LogP contribution < -0.4 is 19.2 Å². The number of carbonyl (C=O) groups excluding carboxylic acids is 1. The van der Waals surface area contributed by atoms with E-state index in [0.29, 0.717) is 29.4 Å². The zero-order valence-corrected chi connectivity index (χ0v) is 23.5. The fourth-order valence-electron chi connectivity index (χ4n) is 4.23. The Bertz CT molecular complexity index is 1810. The number of hydrogen-bond donors (Lipinski definition) is 1. The molecule has 5 aromatic rings. The Morgan fingerprint density at radius 1 is 0.925 bits per heavy atom. The van der Waals surface area contributed by atoms with E-state index in [0.717, 1.165) is 31.4 Å². The predicted molar refractivity (Wildman–Crippen MR) is 159 cm³/mol. The third-order valence-corrected chi connectivity index (χ3v) is 9.00. The number of thiazole rings is 1. The highest BCUT2D eigenvalue weighted by molar-refractivity contribution is 7.92. The van der Waals surface area contributed by atoms with Crippen LogP contribution >= 0.6 is 11.3 Å². The average molecular weight is 574 g/mol. The average Bonchev–Trinajstić information content (AvgIpc) is 3.27. The molecule has 0 saturated carbocycles. The van der Waals surface area contributed by atoms with Crippen LogP contribution in [-0.2, 0) is 21.4 Å². The molecule has 1 N–H and O–H groups in total. The zero-order chi connectivity index (χ0) is 28.3. The molecular formula is C30H27N3O5S2. The summed E-state index contributed by atoms with van der Waals surface area (Å²) in [5, 5.41) is 2.78. The highest BCUT2D eigenvalue weighted by Gasteiger charge is 2.27. The number of fused-ring (bicyclic) bond motifs is 1. The highest BCUT2D eigenvalue weighted by atomic mass is 32.2. The first-order valence-corrected chi connectivity index (χ1v) is 14.9. The van der Waals surface area contributed by atoms with E-state index in [2.05, 4.69) is 5.32 Å². The van der Waals surface area contributed by atoms with Gasteiger partial charge < -0.3 is 10.1 Å². The molecule has 10 heteroatoms. The van der Waals surface area contributed by atoms with Crippen molar-refractivity contribution in [3.8, 4) is 11.5 Å². The van der Waals surface area contributed by atoms with Crippen molar-refractivity contribution < 1.29 is 17.9 Å². The van der Waals surface area contributed by atoms with Gasteiger partial charge in [0.25, 0.3) is 10.0 Å². The van der Waals surface area contributed by atoms with Gasteiger partial charge in [-0.1, -0.05) is 47.2 Å². The minimum atomic E-state index is -4.08. The van der Waals surface area contributed by atoms with Crippen LogP contribution in [-0.4, -0.2) is 25.4 Å². The summed E-state index contributed by atoms with van der Waals surface area (Å²) in [6.07, 6.45) is 0. The van der Waals surface area contributed by atoms with Gasteiger partial charge in [-0.25, -0.2) is 8.42 Å². The summed E-state index contributed by atoms with van der Waals surface area (Å²) < 4.78 is 36.8. The monoisotopic (exact) mass is 573 g/mol. The number of rotatable bonds is 9. The van der Waals surface area contributed by atoms with Crippen LogP contribution in [0.3, 0.4) is 0 Å². The van der Waals surface area contributed by atoms with Gasteiger partial charge in [0.2, 0.25) is 5.91 Å². The quantitative estimate of drug-likeness (QED) is 0.233. The summed E-state index contributed by atoms with van der Waals surface area (Å²) >= 11 is 1.10.